The summed E-state index contributed by atoms with van der Waals surface area (Å²) >= 11 is 0. The Balaban J connectivity index is 2.16. The highest BCUT2D eigenvalue weighted by atomic mass is 19.1. The van der Waals surface area contributed by atoms with Gasteiger partial charge in [-0.1, -0.05) is 0 Å². The van der Waals surface area contributed by atoms with Crippen LogP contribution in [-0.4, -0.2) is 24.5 Å². The number of ether oxygens (including phenoxy) is 2. The summed E-state index contributed by atoms with van der Waals surface area (Å²) in [6, 6.07) is 3.90. The molecule has 17 heavy (non-hydrogen) atoms. The number of Topliss-reactive ketones (excluding diaryl/α,β-unsaturated/α-hetero) is 1. The number of esters is 1. The van der Waals surface area contributed by atoms with Crippen LogP contribution in [0.15, 0.2) is 18.2 Å². The third-order valence-electron chi connectivity index (χ3n) is 2.49. The molecule has 1 aromatic rings. The minimum Gasteiger partial charge on any atom is -0.476 e. The average molecular weight is 238 g/mol. The highest BCUT2D eigenvalue weighted by Gasteiger charge is 2.29. The summed E-state index contributed by atoms with van der Waals surface area (Å²) in [5.41, 5.74) is 0.267. The number of carbonyl (C=O) groups excluding carboxylic acids is 2. The molecule has 1 fully saturated rings. The second-order valence-corrected chi connectivity index (χ2v) is 3.76. The lowest BCUT2D eigenvalue weighted by Gasteiger charge is -2.11. The van der Waals surface area contributed by atoms with Crippen LogP contribution < -0.4 is 4.74 Å². The monoisotopic (exact) mass is 238 g/mol. The van der Waals surface area contributed by atoms with Crippen molar-refractivity contribution in [2.75, 3.05) is 6.61 Å². The van der Waals surface area contributed by atoms with Crippen LogP contribution in [0.25, 0.3) is 0 Å². The van der Waals surface area contributed by atoms with E-state index in [0.29, 0.717) is 6.42 Å². The Hall–Kier alpha value is -1.91. The summed E-state index contributed by atoms with van der Waals surface area (Å²) in [4.78, 5) is 22.2. The van der Waals surface area contributed by atoms with Gasteiger partial charge in [0.2, 0.25) is 0 Å². The van der Waals surface area contributed by atoms with Gasteiger partial charge in [0.25, 0.3) is 0 Å². The fourth-order valence-corrected chi connectivity index (χ4v) is 1.55. The summed E-state index contributed by atoms with van der Waals surface area (Å²) in [6.07, 6.45) is -0.347. The summed E-state index contributed by atoms with van der Waals surface area (Å²) in [7, 11) is 0. The van der Waals surface area contributed by atoms with E-state index < -0.39 is 17.9 Å². The Bertz CT molecular complexity index is 470. The van der Waals surface area contributed by atoms with Crippen molar-refractivity contribution in [2.24, 2.45) is 0 Å². The van der Waals surface area contributed by atoms with Crippen LogP contribution in [0.1, 0.15) is 23.7 Å². The number of hydrogen-bond donors (Lipinski definition) is 0. The third-order valence-corrected chi connectivity index (χ3v) is 2.49. The second kappa shape index (κ2) is 4.53. The van der Waals surface area contributed by atoms with Gasteiger partial charge in [0, 0.05) is 12.0 Å². The predicted molar refractivity (Wildman–Crippen MR) is 56.4 cm³/mol. The first-order valence-electron chi connectivity index (χ1n) is 5.21. The van der Waals surface area contributed by atoms with Gasteiger partial charge in [0.1, 0.15) is 0 Å². The molecular weight excluding hydrogens is 227 g/mol. The number of hydrogen-bond acceptors (Lipinski definition) is 4. The molecule has 0 aromatic heterocycles. The van der Waals surface area contributed by atoms with E-state index in [4.69, 9.17) is 9.47 Å². The first-order valence-corrected chi connectivity index (χ1v) is 5.21. The van der Waals surface area contributed by atoms with Crippen LogP contribution in [0.2, 0.25) is 0 Å². The molecular formula is C12H11FO4. The molecule has 1 saturated heterocycles. The fourth-order valence-electron chi connectivity index (χ4n) is 1.55. The van der Waals surface area contributed by atoms with E-state index in [0.717, 1.165) is 6.07 Å². The quantitative estimate of drug-likeness (QED) is 0.594. The molecule has 1 heterocycles. The Morgan fingerprint density at radius 3 is 2.82 bits per heavy atom. The van der Waals surface area contributed by atoms with Crippen molar-refractivity contribution in [1.82, 2.24) is 0 Å². The summed E-state index contributed by atoms with van der Waals surface area (Å²) < 4.78 is 23.5. The molecule has 0 amide bonds. The number of carbonyl (C=O) groups is 2. The highest BCUT2D eigenvalue weighted by molar-refractivity contribution is 5.94. The van der Waals surface area contributed by atoms with Gasteiger partial charge in [-0.25, -0.2) is 9.18 Å². The van der Waals surface area contributed by atoms with Crippen LogP contribution in [0.4, 0.5) is 4.39 Å². The molecule has 90 valence electrons. The van der Waals surface area contributed by atoms with Crippen molar-refractivity contribution in [3.63, 3.8) is 0 Å². The molecule has 2 rings (SSSR count). The molecule has 0 bridgehead atoms. The number of rotatable bonds is 3. The molecule has 1 aromatic carbocycles. The third kappa shape index (κ3) is 2.43. The minimum absolute atomic E-state index is 0.0427. The number of cyclic esters (lactones) is 1. The number of ketones is 1. The topological polar surface area (TPSA) is 52.6 Å². The Morgan fingerprint density at radius 2 is 2.29 bits per heavy atom. The maximum atomic E-state index is 13.6. The molecule has 0 radical (unpaired) electrons. The first-order chi connectivity index (χ1) is 8.08. The molecule has 0 aliphatic carbocycles. The van der Waals surface area contributed by atoms with Crippen LogP contribution in [0.5, 0.6) is 5.75 Å². The Morgan fingerprint density at radius 1 is 1.53 bits per heavy atom. The van der Waals surface area contributed by atoms with E-state index in [1.54, 1.807) is 0 Å². The second-order valence-electron chi connectivity index (χ2n) is 3.76. The lowest BCUT2D eigenvalue weighted by atomic mass is 10.1. The van der Waals surface area contributed by atoms with E-state index >= 15 is 0 Å². The van der Waals surface area contributed by atoms with Gasteiger partial charge in [-0.05, 0) is 25.1 Å². The van der Waals surface area contributed by atoms with Crippen molar-refractivity contribution >= 4 is 11.8 Å². The van der Waals surface area contributed by atoms with Crippen molar-refractivity contribution in [1.29, 1.82) is 0 Å². The maximum Gasteiger partial charge on any atom is 0.347 e. The average Bonchev–Trinajstić information content (AvgIpc) is 2.67. The van der Waals surface area contributed by atoms with Crippen molar-refractivity contribution < 1.29 is 23.5 Å². The lowest BCUT2D eigenvalue weighted by Crippen LogP contribution is -2.22. The molecule has 5 heteroatoms. The largest absolute Gasteiger partial charge is 0.476 e. The van der Waals surface area contributed by atoms with Crippen molar-refractivity contribution in [3.05, 3.63) is 29.6 Å². The Labute approximate surface area is 97.3 Å². The smallest absolute Gasteiger partial charge is 0.347 e. The Kier molecular flexibility index (Phi) is 3.08. The van der Waals surface area contributed by atoms with E-state index in [1.807, 2.05) is 0 Å². The molecule has 0 saturated carbocycles. The molecule has 0 spiro atoms. The van der Waals surface area contributed by atoms with E-state index in [-0.39, 0.29) is 23.7 Å². The maximum absolute atomic E-state index is 13.6. The lowest BCUT2D eigenvalue weighted by molar-refractivity contribution is -0.143. The molecule has 4 nitrogen and oxygen atoms in total. The van der Waals surface area contributed by atoms with Crippen LogP contribution in [0.3, 0.4) is 0 Å². The SMILES string of the molecule is CC(=O)c1ccc(OC2CCOC2=O)c(F)c1. The summed E-state index contributed by atoms with van der Waals surface area (Å²) in [6.45, 7) is 1.64. The highest BCUT2D eigenvalue weighted by Crippen LogP contribution is 2.22. The van der Waals surface area contributed by atoms with E-state index in [9.17, 15) is 14.0 Å². The van der Waals surface area contributed by atoms with Gasteiger partial charge in [0.15, 0.2) is 23.5 Å². The number of halogens is 1. The van der Waals surface area contributed by atoms with Gasteiger partial charge in [-0.2, -0.15) is 0 Å². The predicted octanol–water partition coefficient (Wildman–Crippen LogP) is 1.72. The van der Waals surface area contributed by atoms with E-state index in [1.165, 1.54) is 19.1 Å². The molecule has 0 N–H and O–H groups in total. The van der Waals surface area contributed by atoms with Gasteiger partial charge < -0.3 is 9.47 Å². The first kappa shape index (κ1) is 11.6. The fraction of sp³-hybridized carbons (Fsp3) is 0.333. The normalized spacial score (nSPS) is 18.9. The molecule has 1 unspecified atom stereocenters. The standard InChI is InChI=1S/C12H11FO4/c1-7(14)8-2-3-10(9(13)6-8)17-11-4-5-16-12(11)15/h2-3,6,11H,4-5H2,1H3. The van der Waals surface area contributed by atoms with Crippen molar-refractivity contribution in [3.8, 4) is 5.75 Å². The zero-order valence-corrected chi connectivity index (χ0v) is 9.23. The van der Waals surface area contributed by atoms with Crippen molar-refractivity contribution in [2.45, 2.75) is 19.4 Å². The van der Waals surface area contributed by atoms with Gasteiger partial charge in [-0.3, -0.25) is 4.79 Å². The summed E-state index contributed by atoms with van der Waals surface area (Å²) in [5.74, 6) is -1.41. The zero-order chi connectivity index (χ0) is 12.4. The number of benzene rings is 1. The van der Waals surface area contributed by atoms with Crippen LogP contribution in [-0.2, 0) is 9.53 Å². The van der Waals surface area contributed by atoms with Crippen LogP contribution >= 0.6 is 0 Å². The van der Waals surface area contributed by atoms with Gasteiger partial charge >= 0.3 is 5.97 Å². The zero-order valence-electron chi connectivity index (χ0n) is 9.23. The van der Waals surface area contributed by atoms with Crippen LogP contribution in [0, 0.1) is 5.82 Å². The van der Waals surface area contributed by atoms with E-state index in [2.05, 4.69) is 0 Å². The summed E-state index contributed by atoms with van der Waals surface area (Å²) in [5, 5.41) is 0. The molecule has 1 aliphatic rings. The minimum atomic E-state index is -0.757. The molecule has 1 aliphatic heterocycles. The van der Waals surface area contributed by atoms with Gasteiger partial charge in [-0.15, -0.1) is 0 Å². The van der Waals surface area contributed by atoms with Gasteiger partial charge in [0.05, 0.1) is 6.61 Å². The molecule has 1 atom stereocenters.